The summed E-state index contributed by atoms with van der Waals surface area (Å²) in [5.74, 6) is -0.265. The molecular formula is C24H27Cl2N3O4S2. The molecule has 7 nitrogen and oxygen atoms in total. The molecule has 0 unspecified atom stereocenters. The molecule has 1 aliphatic rings. The second-order valence-electron chi connectivity index (χ2n) is 8.44. The van der Waals surface area contributed by atoms with Crippen LogP contribution >= 0.6 is 34.5 Å². The van der Waals surface area contributed by atoms with Gasteiger partial charge in [-0.1, -0.05) is 34.5 Å². The van der Waals surface area contributed by atoms with Gasteiger partial charge in [-0.2, -0.15) is 0 Å². The van der Waals surface area contributed by atoms with E-state index < -0.39 is 9.84 Å². The molecule has 0 bridgehead atoms. The van der Waals surface area contributed by atoms with Crippen molar-refractivity contribution >= 4 is 65.6 Å². The van der Waals surface area contributed by atoms with Gasteiger partial charge in [-0.25, -0.2) is 13.4 Å². The number of sulfone groups is 1. The molecular weight excluding hydrogens is 529 g/mol. The molecule has 1 amide bonds. The number of fused-ring (bicyclic) bond motifs is 1. The second kappa shape index (κ2) is 11.5. The smallest absolute Gasteiger partial charge is 0.228 e. The third kappa shape index (κ3) is 6.72. The lowest BCUT2D eigenvalue weighted by Gasteiger charge is -2.29. The number of thiazole rings is 1. The molecule has 1 aromatic heterocycles. The summed E-state index contributed by atoms with van der Waals surface area (Å²) in [6.45, 7) is 6.08. The lowest BCUT2D eigenvalue weighted by molar-refractivity contribution is -0.118. The molecule has 0 saturated carbocycles. The van der Waals surface area contributed by atoms with E-state index in [0.29, 0.717) is 41.5 Å². The molecule has 4 rings (SSSR count). The van der Waals surface area contributed by atoms with Crippen LogP contribution in [0.2, 0.25) is 10.0 Å². The van der Waals surface area contributed by atoms with E-state index in [1.807, 2.05) is 19.1 Å². The lowest BCUT2D eigenvalue weighted by atomic mass is 10.2. The molecule has 0 radical (unpaired) electrons. The van der Waals surface area contributed by atoms with Crippen molar-refractivity contribution in [2.24, 2.45) is 0 Å². The summed E-state index contributed by atoms with van der Waals surface area (Å²) in [6, 6.07) is 9.79. The number of benzene rings is 2. The first kappa shape index (κ1) is 26.3. The van der Waals surface area contributed by atoms with Gasteiger partial charge in [-0.05, 0) is 55.3 Å². The highest BCUT2D eigenvalue weighted by molar-refractivity contribution is 7.91. The molecule has 1 saturated heterocycles. The number of rotatable bonds is 9. The maximum absolute atomic E-state index is 13.3. The number of aryl methyl sites for hydroxylation is 1. The number of amides is 1. The maximum atomic E-state index is 13.3. The van der Waals surface area contributed by atoms with Crippen LogP contribution < -0.4 is 4.90 Å². The highest BCUT2D eigenvalue weighted by Crippen LogP contribution is 2.33. The van der Waals surface area contributed by atoms with Crippen LogP contribution in [0, 0.1) is 6.92 Å². The quantitative estimate of drug-likeness (QED) is 0.376. The van der Waals surface area contributed by atoms with Crippen molar-refractivity contribution in [1.82, 2.24) is 9.88 Å². The van der Waals surface area contributed by atoms with Gasteiger partial charge in [0.05, 0.1) is 34.1 Å². The minimum absolute atomic E-state index is 0.103. The van der Waals surface area contributed by atoms with Gasteiger partial charge in [0.1, 0.15) is 0 Å². The molecule has 1 fully saturated rings. The average molecular weight is 557 g/mol. The van der Waals surface area contributed by atoms with E-state index in [0.717, 1.165) is 28.9 Å². The summed E-state index contributed by atoms with van der Waals surface area (Å²) in [4.78, 5) is 22.2. The third-order valence-corrected chi connectivity index (χ3v) is 9.20. The topological polar surface area (TPSA) is 79.8 Å². The Balaban J connectivity index is 1.48. The van der Waals surface area contributed by atoms with Crippen LogP contribution in [0.1, 0.15) is 18.4 Å². The molecule has 35 heavy (non-hydrogen) atoms. The third-order valence-electron chi connectivity index (χ3n) is 5.89. The highest BCUT2D eigenvalue weighted by atomic mass is 35.5. The molecule has 3 aromatic rings. The van der Waals surface area contributed by atoms with Crippen LogP contribution in [0.15, 0.2) is 41.3 Å². The molecule has 0 atom stereocenters. The van der Waals surface area contributed by atoms with E-state index in [9.17, 15) is 13.2 Å². The first-order chi connectivity index (χ1) is 16.7. The summed E-state index contributed by atoms with van der Waals surface area (Å²) < 4.78 is 31.7. The van der Waals surface area contributed by atoms with E-state index in [2.05, 4.69) is 4.90 Å². The number of carbonyl (C=O) groups excluding carboxylic acids is 1. The Kier molecular flexibility index (Phi) is 8.67. The molecule has 0 N–H and O–H groups in total. The number of hydrogen-bond donors (Lipinski definition) is 0. The molecule has 0 aliphatic carbocycles. The van der Waals surface area contributed by atoms with Gasteiger partial charge >= 0.3 is 0 Å². The van der Waals surface area contributed by atoms with Crippen LogP contribution in [0.25, 0.3) is 10.2 Å². The number of anilines is 1. The van der Waals surface area contributed by atoms with Gasteiger partial charge in [0.25, 0.3) is 0 Å². The van der Waals surface area contributed by atoms with Crippen LogP contribution in [0.4, 0.5) is 5.13 Å². The van der Waals surface area contributed by atoms with E-state index in [4.69, 9.17) is 32.9 Å². The van der Waals surface area contributed by atoms with E-state index in [1.54, 1.807) is 17.0 Å². The molecule has 1 aliphatic heterocycles. The Morgan fingerprint density at radius 3 is 2.57 bits per heavy atom. The fourth-order valence-corrected chi connectivity index (χ4v) is 6.86. The fraction of sp³-hybridized carbons (Fsp3) is 0.417. The molecule has 0 spiro atoms. The standard InChI is InChI=1S/C24H27Cl2N3O4S2/c1-17-15-19(26)16-21-23(17)27-24(34-21)29(9-8-28-10-12-33-13-11-28)22(30)3-2-14-35(31,32)20-6-4-18(25)5-7-20/h4-7,15-16H,2-3,8-14H2,1H3. The molecule has 188 valence electrons. The minimum Gasteiger partial charge on any atom is -0.379 e. The van der Waals surface area contributed by atoms with Crippen molar-refractivity contribution in [3.63, 3.8) is 0 Å². The number of nitrogens with zero attached hydrogens (tertiary/aromatic N) is 3. The Hall–Kier alpha value is -1.75. The Bertz CT molecular complexity index is 1290. The summed E-state index contributed by atoms with van der Waals surface area (Å²) in [5.41, 5.74) is 1.77. The first-order valence-electron chi connectivity index (χ1n) is 11.4. The number of morpholine rings is 1. The van der Waals surface area contributed by atoms with Gasteiger partial charge in [0, 0.05) is 42.6 Å². The SMILES string of the molecule is Cc1cc(Cl)cc2sc(N(CCN3CCOCC3)C(=O)CCCS(=O)(=O)c3ccc(Cl)cc3)nc12. The zero-order valence-corrected chi connectivity index (χ0v) is 22.5. The van der Waals surface area contributed by atoms with E-state index >= 15 is 0 Å². The van der Waals surface area contributed by atoms with Crippen molar-refractivity contribution in [3.8, 4) is 0 Å². The highest BCUT2D eigenvalue weighted by Gasteiger charge is 2.23. The summed E-state index contributed by atoms with van der Waals surface area (Å²) in [6.07, 6.45) is 0.319. The number of aromatic nitrogens is 1. The van der Waals surface area contributed by atoms with E-state index in [-0.39, 0.29) is 29.4 Å². The maximum Gasteiger partial charge on any atom is 0.228 e. The molecule has 2 heterocycles. The van der Waals surface area contributed by atoms with Crippen molar-refractivity contribution in [2.75, 3.05) is 50.0 Å². The summed E-state index contributed by atoms with van der Waals surface area (Å²) in [5, 5.41) is 1.70. The van der Waals surface area contributed by atoms with Crippen LogP contribution in [-0.4, -0.2) is 69.4 Å². The Morgan fingerprint density at radius 2 is 1.86 bits per heavy atom. The van der Waals surface area contributed by atoms with Crippen molar-refractivity contribution < 1.29 is 17.9 Å². The summed E-state index contributed by atoms with van der Waals surface area (Å²) >= 11 is 13.5. The van der Waals surface area contributed by atoms with Crippen LogP contribution in [0.3, 0.4) is 0 Å². The predicted molar refractivity (Wildman–Crippen MR) is 142 cm³/mol. The summed E-state index contributed by atoms with van der Waals surface area (Å²) in [7, 11) is -3.50. The van der Waals surface area contributed by atoms with Gasteiger partial charge in [-0.15, -0.1) is 0 Å². The monoisotopic (exact) mass is 555 g/mol. The number of hydrogen-bond acceptors (Lipinski definition) is 7. The Labute approximate surface area is 219 Å². The lowest BCUT2D eigenvalue weighted by Crippen LogP contribution is -2.43. The van der Waals surface area contributed by atoms with Gasteiger partial charge in [-0.3, -0.25) is 14.6 Å². The second-order valence-corrected chi connectivity index (χ2v) is 12.4. The first-order valence-corrected chi connectivity index (χ1v) is 14.6. The van der Waals surface area contributed by atoms with Gasteiger partial charge in [0.2, 0.25) is 5.91 Å². The predicted octanol–water partition coefficient (Wildman–Crippen LogP) is 4.83. The normalized spacial score (nSPS) is 14.9. The van der Waals surface area contributed by atoms with Gasteiger partial charge in [0.15, 0.2) is 15.0 Å². The van der Waals surface area contributed by atoms with Crippen LogP contribution in [-0.2, 0) is 19.4 Å². The van der Waals surface area contributed by atoms with Crippen LogP contribution in [0.5, 0.6) is 0 Å². The van der Waals surface area contributed by atoms with Crippen molar-refractivity contribution in [3.05, 3.63) is 52.0 Å². The molecule has 11 heteroatoms. The average Bonchev–Trinajstić information content (AvgIpc) is 3.24. The number of halogens is 2. The Morgan fingerprint density at radius 1 is 1.14 bits per heavy atom. The molecule has 2 aromatic carbocycles. The fourth-order valence-electron chi connectivity index (χ4n) is 3.96. The van der Waals surface area contributed by atoms with E-state index in [1.165, 1.54) is 23.5 Å². The minimum atomic E-state index is -3.50. The number of ether oxygens (including phenoxy) is 1. The van der Waals surface area contributed by atoms with Crippen molar-refractivity contribution in [1.29, 1.82) is 0 Å². The zero-order chi connectivity index (χ0) is 25.0. The largest absolute Gasteiger partial charge is 0.379 e. The zero-order valence-electron chi connectivity index (χ0n) is 19.4. The van der Waals surface area contributed by atoms with Gasteiger partial charge < -0.3 is 4.74 Å². The van der Waals surface area contributed by atoms with Crippen molar-refractivity contribution in [2.45, 2.75) is 24.7 Å². The number of carbonyl (C=O) groups is 1.